The first-order chi connectivity index (χ1) is 7.83. The van der Waals surface area contributed by atoms with Crippen molar-refractivity contribution in [2.75, 3.05) is 0 Å². The van der Waals surface area contributed by atoms with Gasteiger partial charge in [-0.3, -0.25) is 0 Å². The minimum Gasteiger partial charge on any atom is -0.0807 e. The van der Waals surface area contributed by atoms with Crippen molar-refractivity contribution in [3.63, 3.8) is 0 Å². The molecule has 0 unspecified atom stereocenters. The van der Waals surface area contributed by atoms with Crippen molar-refractivity contribution < 1.29 is 0 Å². The molecule has 0 nitrogen and oxygen atoms in total. The molecular formula is C16H20. The van der Waals surface area contributed by atoms with Gasteiger partial charge in [-0.15, -0.1) is 0 Å². The second-order valence-electron chi connectivity index (χ2n) is 4.43. The molecule has 0 heterocycles. The molecule has 0 fully saturated rings. The summed E-state index contributed by atoms with van der Waals surface area (Å²) in [4.78, 5) is 0. The molecule has 0 aromatic heterocycles. The first kappa shape index (κ1) is 11.2. The standard InChI is InChI=1S/C16H20/c1-3-14-10-5-4-6-12-16(14)15-11-8-7-9-13(15)2/h4-6,9-11H,3,7-8,12H2,1-2H3. The van der Waals surface area contributed by atoms with E-state index in [4.69, 9.17) is 0 Å². The molecule has 0 spiro atoms. The molecule has 0 heteroatoms. The second kappa shape index (κ2) is 5.16. The Hall–Kier alpha value is -1.30. The number of hydrogen-bond donors (Lipinski definition) is 0. The fourth-order valence-corrected chi connectivity index (χ4v) is 2.44. The zero-order valence-corrected chi connectivity index (χ0v) is 10.3. The van der Waals surface area contributed by atoms with E-state index in [-0.39, 0.29) is 0 Å². The van der Waals surface area contributed by atoms with Gasteiger partial charge in [-0.2, -0.15) is 0 Å². The van der Waals surface area contributed by atoms with E-state index >= 15 is 0 Å². The molecule has 0 saturated heterocycles. The molecule has 84 valence electrons. The molecule has 0 N–H and O–H groups in total. The second-order valence-corrected chi connectivity index (χ2v) is 4.43. The zero-order valence-electron chi connectivity index (χ0n) is 10.3. The molecule has 2 rings (SSSR count). The van der Waals surface area contributed by atoms with Crippen LogP contribution in [0.2, 0.25) is 0 Å². The Morgan fingerprint density at radius 1 is 1.12 bits per heavy atom. The Kier molecular flexibility index (Phi) is 3.61. The highest BCUT2D eigenvalue weighted by atomic mass is 14.2. The van der Waals surface area contributed by atoms with Crippen LogP contribution in [-0.2, 0) is 0 Å². The fraction of sp³-hybridized carbons (Fsp3) is 0.375. The molecule has 0 amide bonds. The first-order valence-corrected chi connectivity index (χ1v) is 6.25. The average Bonchev–Trinajstić information content (AvgIpc) is 2.54. The molecule has 2 aliphatic carbocycles. The van der Waals surface area contributed by atoms with Gasteiger partial charge in [0.1, 0.15) is 0 Å². The predicted molar refractivity (Wildman–Crippen MR) is 71.3 cm³/mol. The molecule has 0 radical (unpaired) electrons. The molecule has 2 aliphatic rings. The highest BCUT2D eigenvalue weighted by Gasteiger charge is 2.12. The molecule has 16 heavy (non-hydrogen) atoms. The zero-order chi connectivity index (χ0) is 11.4. The monoisotopic (exact) mass is 212 g/mol. The molecule has 0 bridgehead atoms. The summed E-state index contributed by atoms with van der Waals surface area (Å²) in [7, 11) is 0. The third-order valence-electron chi connectivity index (χ3n) is 3.35. The van der Waals surface area contributed by atoms with Gasteiger partial charge in [0.25, 0.3) is 0 Å². The maximum Gasteiger partial charge on any atom is -0.00857 e. The molecule has 0 saturated carbocycles. The van der Waals surface area contributed by atoms with Gasteiger partial charge >= 0.3 is 0 Å². The van der Waals surface area contributed by atoms with Crippen molar-refractivity contribution in [2.45, 2.75) is 39.5 Å². The molecule has 0 atom stereocenters. The minimum absolute atomic E-state index is 1.08. The van der Waals surface area contributed by atoms with E-state index in [0.717, 1.165) is 12.8 Å². The Balaban J connectivity index is 2.40. The van der Waals surface area contributed by atoms with Crippen LogP contribution in [0.3, 0.4) is 0 Å². The quantitative estimate of drug-likeness (QED) is 0.612. The Morgan fingerprint density at radius 2 is 1.94 bits per heavy atom. The molecule has 0 aromatic rings. The van der Waals surface area contributed by atoms with E-state index < -0.39 is 0 Å². The van der Waals surface area contributed by atoms with E-state index in [1.54, 1.807) is 0 Å². The third kappa shape index (κ3) is 2.27. The molecule has 0 aliphatic heterocycles. The van der Waals surface area contributed by atoms with Crippen molar-refractivity contribution >= 4 is 0 Å². The van der Waals surface area contributed by atoms with Gasteiger partial charge in [0.15, 0.2) is 0 Å². The van der Waals surface area contributed by atoms with Gasteiger partial charge in [0.05, 0.1) is 0 Å². The third-order valence-corrected chi connectivity index (χ3v) is 3.35. The van der Waals surface area contributed by atoms with Crippen LogP contribution in [-0.4, -0.2) is 0 Å². The maximum atomic E-state index is 2.41. The normalized spacial score (nSPS) is 20.6. The summed E-state index contributed by atoms with van der Waals surface area (Å²) < 4.78 is 0. The SMILES string of the molecule is CCC1=C(C2=CCCC=C2C)CC=CC=C1. The summed E-state index contributed by atoms with van der Waals surface area (Å²) in [6.45, 7) is 4.48. The van der Waals surface area contributed by atoms with Crippen LogP contribution in [0.15, 0.2) is 58.7 Å². The van der Waals surface area contributed by atoms with E-state index in [1.807, 2.05) is 0 Å². The summed E-state index contributed by atoms with van der Waals surface area (Å²) in [5.41, 5.74) is 5.96. The Labute approximate surface area is 98.8 Å². The van der Waals surface area contributed by atoms with Crippen LogP contribution >= 0.6 is 0 Å². The Morgan fingerprint density at radius 3 is 2.69 bits per heavy atom. The maximum absolute atomic E-state index is 2.41. The number of allylic oxidation sites excluding steroid dienone is 10. The van der Waals surface area contributed by atoms with Crippen LogP contribution in [0.5, 0.6) is 0 Å². The van der Waals surface area contributed by atoms with Crippen LogP contribution in [0.4, 0.5) is 0 Å². The van der Waals surface area contributed by atoms with Crippen LogP contribution in [0.25, 0.3) is 0 Å². The van der Waals surface area contributed by atoms with E-state index in [9.17, 15) is 0 Å². The van der Waals surface area contributed by atoms with Gasteiger partial charge in [-0.1, -0.05) is 43.4 Å². The van der Waals surface area contributed by atoms with E-state index in [1.165, 1.54) is 35.1 Å². The van der Waals surface area contributed by atoms with Gasteiger partial charge in [-0.05, 0) is 54.9 Å². The summed E-state index contributed by atoms with van der Waals surface area (Å²) in [5.74, 6) is 0. The van der Waals surface area contributed by atoms with E-state index in [0.29, 0.717) is 0 Å². The largest absolute Gasteiger partial charge is 0.0807 e. The van der Waals surface area contributed by atoms with Gasteiger partial charge < -0.3 is 0 Å². The lowest BCUT2D eigenvalue weighted by Gasteiger charge is -2.18. The number of rotatable bonds is 2. The lowest BCUT2D eigenvalue weighted by Crippen LogP contribution is -1.98. The predicted octanol–water partition coefficient (Wildman–Crippen LogP) is 4.88. The van der Waals surface area contributed by atoms with Gasteiger partial charge in [-0.25, -0.2) is 0 Å². The van der Waals surface area contributed by atoms with Crippen molar-refractivity contribution in [3.8, 4) is 0 Å². The minimum atomic E-state index is 1.08. The molecular weight excluding hydrogens is 192 g/mol. The number of hydrogen-bond acceptors (Lipinski definition) is 0. The first-order valence-electron chi connectivity index (χ1n) is 6.25. The highest BCUT2D eigenvalue weighted by molar-refractivity contribution is 5.53. The van der Waals surface area contributed by atoms with E-state index in [2.05, 4.69) is 50.3 Å². The smallest absolute Gasteiger partial charge is 0.00857 e. The van der Waals surface area contributed by atoms with Gasteiger partial charge in [0, 0.05) is 0 Å². The van der Waals surface area contributed by atoms with Crippen LogP contribution in [0, 0.1) is 0 Å². The summed E-state index contributed by atoms with van der Waals surface area (Å²) in [5, 5.41) is 0. The van der Waals surface area contributed by atoms with Gasteiger partial charge in [0.2, 0.25) is 0 Å². The Bertz CT molecular complexity index is 411. The van der Waals surface area contributed by atoms with Crippen molar-refractivity contribution in [1.82, 2.24) is 0 Å². The summed E-state index contributed by atoms with van der Waals surface area (Å²) in [6.07, 6.45) is 18.2. The average molecular weight is 212 g/mol. The lowest BCUT2D eigenvalue weighted by molar-refractivity contribution is 0.974. The lowest BCUT2D eigenvalue weighted by atomic mass is 9.87. The van der Waals surface area contributed by atoms with Crippen LogP contribution < -0.4 is 0 Å². The van der Waals surface area contributed by atoms with Crippen molar-refractivity contribution in [1.29, 1.82) is 0 Å². The van der Waals surface area contributed by atoms with Crippen molar-refractivity contribution in [3.05, 3.63) is 58.7 Å². The summed E-state index contributed by atoms with van der Waals surface area (Å²) >= 11 is 0. The van der Waals surface area contributed by atoms with Crippen LogP contribution in [0.1, 0.15) is 39.5 Å². The highest BCUT2D eigenvalue weighted by Crippen LogP contribution is 2.31. The van der Waals surface area contributed by atoms with Crippen molar-refractivity contribution in [2.24, 2.45) is 0 Å². The fourth-order valence-electron chi connectivity index (χ4n) is 2.44. The topological polar surface area (TPSA) is 0 Å². The summed E-state index contributed by atoms with van der Waals surface area (Å²) in [6, 6.07) is 0. The molecule has 0 aromatic carbocycles.